The van der Waals surface area contributed by atoms with Crippen LogP contribution in [0.25, 0.3) is 10.9 Å². The number of aromatic amines is 1. The van der Waals surface area contributed by atoms with Crippen LogP contribution in [-0.2, 0) is 4.74 Å². The van der Waals surface area contributed by atoms with Crippen molar-refractivity contribution in [3.8, 4) is 11.8 Å². The summed E-state index contributed by atoms with van der Waals surface area (Å²) >= 11 is 0. The number of anilines is 2. The molecule has 1 aromatic heterocycles. The zero-order chi connectivity index (χ0) is 22.5. The highest BCUT2D eigenvalue weighted by molar-refractivity contribution is 6.10. The molecule has 0 atom stereocenters. The molecule has 0 aliphatic heterocycles. The van der Waals surface area contributed by atoms with Gasteiger partial charge in [-0.05, 0) is 44.5 Å². The second-order valence-corrected chi connectivity index (χ2v) is 7.49. The van der Waals surface area contributed by atoms with Gasteiger partial charge in [-0.2, -0.15) is 5.26 Å². The number of carbonyl (C=O) groups is 1. The fourth-order valence-corrected chi connectivity index (χ4v) is 3.51. The van der Waals surface area contributed by atoms with E-state index in [4.69, 9.17) is 9.47 Å². The topological polar surface area (TPSA) is 78.4 Å². The van der Waals surface area contributed by atoms with Gasteiger partial charge in [0.15, 0.2) is 11.6 Å². The highest BCUT2D eigenvalue weighted by Gasteiger charge is 2.26. The van der Waals surface area contributed by atoms with Gasteiger partial charge in [0.2, 0.25) is 0 Å². The number of esters is 1. The van der Waals surface area contributed by atoms with Gasteiger partial charge in [0.25, 0.3) is 0 Å². The Hall–Kier alpha value is -3.53. The minimum atomic E-state index is -0.517. The summed E-state index contributed by atoms with van der Waals surface area (Å²) in [6.45, 7) is 6.38. The summed E-state index contributed by atoms with van der Waals surface area (Å²) in [5.41, 5.74) is 1.99. The Morgan fingerprint density at radius 3 is 2.65 bits per heavy atom. The van der Waals surface area contributed by atoms with Gasteiger partial charge >= 0.3 is 5.97 Å². The average molecular weight is 423 g/mol. The van der Waals surface area contributed by atoms with Crippen LogP contribution >= 0.6 is 0 Å². The molecule has 7 heteroatoms. The standard InChI is InChI=1S/C24H26FN3O3/c1-5-6-11-31-21-10-8-17(13-19(21)25)28(15(2)3)23-22(24(29)30-4)18-9-7-16(14-26)12-20(18)27-23/h7-10,12-13,15,27H,5-6,11H2,1-4H3. The van der Waals surface area contributed by atoms with Crippen LogP contribution in [0.3, 0.4) is 0 Å². The molecule has 0 radical (unpaired) electrons. The fraction of sp³-hybridized carbons (Fsp3) is 0.333. The van der Waals surface area contributed by atoms with Gasteiger partial charge in [-0.3, -0.25) is 0 Å². The number of H-pyrrole nitrogens is 1. The number of nitriles is 1. The molecule has 0 spiro atoms. The van der Waals surface area contributed by atoms with Crippen molar-refractivity contribution in [2.75, 3.05) is 18.6 Å². The van der Waals surface area contributed by atoms with Crippen molar-refractivity contribution in [2.24, 2.45) is 0 Å². The third-order valence-corrected chi connectivity index (χ3v) is 5.00. The van der Waals surface area contributed by atoms with E-state index in [2.05, 4.69) is 11.1 Å². The maximum absolute atomic E-state index is 14.8. The van der Waals surface area contributed by atoms with E-state index in [1.54, 1.807) is 30.3 Å². The molecule has 1 N–H and O–H groups in total. The second-order valence-electron chi connectivity index (χ2n) is 7.49. The number of rotatable bonds is 8. The number of aromatic nitrogens is 1. The van der Waals surface area contributed by atoms with E-state index in [0.717, 1.165) is 12.8 Å². The monoisotopic (exact) mass is 423 g/mol. The summed E-state index contributed by atoms with van der Waals surface area (Å²) in [6.07, 6.45) is 1.81. The van der Waals surface area contributed by atoms with Crippen LogP contribution in [0.4, 0.5) is 15.9 Å². The van der Waals surface area contributed by atoms with Crippen molar-refractivity contribution in [1.82, 2.24) is 4.98 Å². The molecular formula is C24H26FN3O3. The molecule has 0 aliphatic rings. The summed E-state index contributed by atoms with van der Waals surface area (Å²) in [4.78, 5) is 17.7. The van der Waals surface area contributed by atoms with Crippen molar-refractivity contribution < 1.29 is 18.7 Å². The first-order valence-corrected chi connectivity index (χ1v) is 10.3. The molecule has 0 saturated carbocycles. The SMILES string of the molecule is CCCCOc1ccc(N(c2[nH]c3cc(C#N)ccc3c2C(=O)OC)C(C)C)cc1F. The number of benzene rings is 2. The lowest BCUT2D eigenvalue weighted by Gasteiger charge is -2.29. The number of fused-ring (bicyclic) bond motifs is 1. The van der Waals surface area contributed by atoms with E-state index in [0.29, 0.717) is 40.1 Å². The molecule has 0 unspecified atom stereocenters. The molecule has 3 aromatic rings. The van der Waals surface area contributed by atoms with E-state index in [-0.39, 0.29) is 11.8 Å². The summed E-state index contributed by atoms with van der Waals surface area (Å²) in [5, 5.41) is 9.85. The molecule has 0 aliphatic carbocycles. The molecule has 0 saturated heterocycles. The zero-order valence-electron chi connectivity index (χ0n) is 18.2. The number of nitrogens with zero attached hydrogens (tertiary/aromatic N) is 2. The largest absolute Gasteiger partial charge is 0.491 e. The minimum absolute atomic E-state index is 0.113. The van der Waals surface area contributed by atoms with Gasteiger partial charge in [0, 0.05) is 28.7 Å². The second kappa shape index (κ2) is 9.52. The predicted octanol–water partition coefficient (Wildman–Crippen LogP) is 5.69. The van der Waals surface area contributed by atoms with Gasteiger partial charge in [0.05, 0.1) is 25.3 Å². The Balaban J connectivity index is 2.12. The molecule has 0 bridgehead atoms. The van der Waals surface area contributed by atoms with Crippen LogP contribution < -0.4 is 9.64 Å². The minimum Gasteiger partial charge on any atom is -0.491 e. The van der Waals surface area contributed by atoms with Crippen LogP contribution in [0.2, 0.25) is 0 Å². The number of nitrogens with one attached hydrogen (secondary N) is 1. The van der Waals surface area contributed by atoms with Crippen molar-refractivity contribution in [3.63, 3.8) is 0 Å². The third kappa shape index (κ3) is 4.48. The lowest BCUT2D eigenvalue weighted by atomic mass is 10.1. The summed E-state index contributed by atoms with van der Waals surface area (Å²) < 4.78 is 25.3. The number of ether oxygens (including phenoxy) is 2. The van der Waals surface area contributed by atoms with Crippen LogP contribution in [0.1, 0.15) is 49.5 Å². The smallest absolute Gasteiger partial charge is 0.342 e. The maximum atomic E-state index is 14.8. The van der Waals surface area contributed by atoms with Crippen molar-refractivity contribution in [2.45, 2.75) is 39.7 Å². The van der Waals surface area contributed by atoms with Gasteiger partial charge < -0.3 is 19.4 Å². The summed E-state index contributed by atoms with van der Waals surface area (Å²) in [6, 6.07) is 11.8. The van der Waals surface area contributed by atoms with E-state index in [9.17, 15) is 14.4 Å². The Labute approximate surface area is 181 Å². The molecule has 31 heavy (non-hydrogen) atoms. The lowest BCUT2D eigenvalue weighted by molar-refractivity contribution is 0.0604. The van der Waals surface area contributed by atoms with E-state index < -0.39 is 11.8 Å². The molecule has 162 valence electrons. The number of halogens is 1. The zero-order valence-corrected chi connectivity index (χ0v) is 18.2. The van der Waals surface area contributed by atoms with Crippen LogP contribution in [0.5, 0.6) is 5.75 Å². The number of methoxy groups -OCH3 is 1. The molecular weight excluding hydrogens is 397 g/mol. The Bertz CT molecular complexity index is 1130. The molecule has 2 aromatic carbocycles. The Kier molecular flexibility index (Phi) is 6.81. The van der Waals surface area contributed by atoms with Crippen LogP contribution in [-0.4, -0.2) is 30.7 Å². The highest BCUT2D eigenvalue weighted by atomic mass is 19.1. The molecule has 0 amide bonds. The predicted molar refractivity (Wildman–Crippen MR) is 118 cm³/mol. The summed E-state index contributed by atoms with van der Waals surface area (Å²) in [7, 11) is 1.32. The van der Waals surface area contributed by atoms with Crippen molar-refractivity contribution in [3.05, 3.63) is 53.3 Å². The van der Waals surface area contributed by atoms with Crippen molar-refractivity contribution in [1.29, 1.82) is 5.26 Å². The fourth-order valence-electron chi connectivity index (χ4n) is 3.51. The number of hydrogen-bond donors (Lipinski definition) is 1. The van der Waals surface area contributed by atoms with Gasteiger partial charge in [-0.1, -0.05) is 19.4 Å². The van der Waals surface area contributed by atoms with Gasteiger partial charge in [-0.25, -0.2) is 9.18 Å². The quantitative estimate of drug-likeness (QED) is 0.372. The molecule has 1 heterocycles. The number of hydrogen-bond acceptors (Lipinski definition) is 5. The van der Waals surface area contributed by atoms with E-state index >= 15 is 0 Å². The average Bonchev–Trinajstić information content (AvgIpc) is 3.12. The van der Waals surface area contributed by atoms with Crippen LogP contribution in [0, 0.1) is 17.1 Å². The van der Waals surface area contributed by atoms with E-state index in [1.807, 2.05) is 25.7 Å². The lowest BCUT2D eigenvalue weighted by Crippen LogP contribution is -2.27. The first kappa shape index (κ1) is 22.2. The first-order valence-electron chi connectivity index (χ1n) is 10.3. The normalized spacial score (nSPS) is 10.9. The Morgan fingerprint density at radius 1 is 1.26 bits per heavy atom. The molecule has 3 rings (SSSR count). The van der Waals surface area contributed by atoms with Gasteiger partial charge in [-0.15, -0.1) is 0 Å². The third-order valence-electron chi connectivity index (χ3n) is 5.00. The summed E-state index contributed by atoms with van der Waals surface area (Å²) in [5.74, 6) is -0.311. The van der Waals surface area contributed by atoms with E-state index in [1.165, 1.54) is 13.2 Å². The maximum Gasteiger partial charge on any atom is 0.342 e. The highest BCUT2D eigenvalue weighted by Crippen LogP contribution is 2.37. The van der Waals surface area contributed by atoms with Crippen LogP contribution in [0.15, 0.2) is 36.4 Å². The van der Waals surface area contributed by atoms with Crippen molar-refractivity contribution >= 4 is 28.4 Å². The van der Waals surface area contributed by atoms with Gasteiger partial charge in [0.1, 0.15) is 11.4 Å². The molecule has 6 nitrogen and oxygen atoms in total. The number of unbranched alkanes of at least 4 members (excludes halogenated alkanes) is 1. The number of carbonyl (C=O) groups excluding carboxylic acids is 1. The Morgan fingerprint density at radius 2 is 2.03 bits per heavy atom. The first-order chi connectivity index (χ1) is 14.9. The molecule has 0 fully saturated rings.